The highest BCUT2D eigenvalue weighted by Crippen LogP contribution is 2.16. The fraction of sp³-hybridized carbons (Fsp3) is 0.615. The first kappa shape index (κ1) is 12.8. The van der Waals surface area contributed by atoms with Gasteiger partial charge in [0, 0.05) is 24.3 Å². The van der Waals surface area contributed by atoms with Crippen LogP contribution in [0.25, 0.3) is 0 Å². The molecule has 0 bridgehead atoms. The van der Waals surface area contributed by atoms with Gasteiger partial charge in [0.2, 0.25) is 5.91 Å². The van der Waals surface area contributed by atoms with E-state index in [1.54, 1.807) is 0 Å². The second-order valence-electron chi connectivity index (χ2n) is 4.86. The third-order valence-corrected chi connectivity index (χ3v) is 2.94. The summed E-state index contributed by atoms with van der Waals surface area (Å²) >= 11 is 0. The molecule has 0 radical (unpaired) electrons. The molecule has 5 nitrogen and oxygen atoms in total. The molecule has 1 saturated heterocycles. The van der Waals surface area contributed by atoms with E-state index in [0.29, 0.717) is 6.54 Å². The molecule has 98 valence electrons. The Morgan fingerprint density at radius 3 is 2.94 bits per heavy atom. The third kappa shape index (κ3) is 2.97. The summed E-state index contributed by atoms with van der Waals surface area (Å²) in [5.74, 6) is 1.70. The molecule has 0 aliphatic carbocycles. The van der Waals surface area contributed by atoms with E-state index in [2.05, 4.69) is 22.2 Å². The lowest BCUT2D eigenvalue weighted by Gasteiger charge is -2.32. The summed E-state index contributed by atoms with van der Waals surface area (Å²) < 4.78 is 0. The van der Waals surface area contributed by atoms with E-state index in [1.165, 1.54) is 0 Å². The lowest BCUT2D eigenvalue weighted by atomic mass is 10.2. The van der Waals surface area contributed by atoms with Gasteiger partial charge in [-0.05, 0) is 20.3 Å². The molecule has 1 aliphatic heterocycles. The van der Waals surface area contributed by atoms with Crippen LogP contribution in [0.2, 0.25) is 0 Å². The minimum atomic E-state index is 0.0575. The Balaban J connectivity index is 2.23. The van der Waals surface area contributed by atoms with Gasteiger partial charge in [0.15, 0.2) is 0 Å². The highest BCUT2D eigenvalue weighted by Gasteiger charge is 2.23. The largest absolute Gasteiger partial charge is 0.350 e. The molecule has 1 aliphatic rings. The first-order valence-corrected chi connectivity index (χ1v) is 6.47. The Morgan fingerprint density at radius 1 is 1.50 bits per heavy atom. The van der Waals surface area contributed by atoms with Gasteiger partial charge in [-0.15, -0.1) is 0 Å². The molecule has 1 aromatic heterocycles. The predicted octanol–water partition coefficient (Wildman–Crippen LogP) is 1.06. The van der Waals surface area contributed by atoms with E-state index < -0.39 is 0 Å². The standard InChI is InChI=1S/C13H20N4O/c1-4-5-11-6-12(16-10(3)15-11)17-7-9(2)14-13(18)8-17/h6,9H,4-5,7-8H2,1-3H3,(H,14,18)/t9-/m0/s1. The quantitative estimate of drug-likeness (QED) is 0.869. The molecular formula is C13H20N4O. The number of hydrogen-bond acceptors (Lipinski definition) is 4. The van der Waals surface area contributed by atoms with Crippen molar-refractivity contribution in [1.82, 2.24) is 15.3 Å². The minimum Gasteiger partial charge on any atom is -0.350 e. The van der Waals surface area contributed by atoms with E-state index in [0.717, 1.165) is 36.7 Å². The van der Waals surface area contributed by atoms with Crippen LogP contribution in [0.15, 0.2) is 6.07 Å². The van der Waals surface area contributed by atoms with Crippen molar-refractivity contribution >= 4 is 11.7 Å². The predicted molar refractivity (Wildman–Crippen MR) is 70.6 cm³/mol. The number of aryl methyl sites for hydroxylation is 2. The maximum absolute atomic E-state index is 11.6. The number of amides is 1. The number of carbonyl (C=O) groups excluding carboxylic acids is 1. The summed E-state index contributed by atoms with van der Waals surface area (Å²) in [5.41, 5.74) is 1.05. The van der Waals surface area contributed by atoms with Gasteiger partial charge in [0.1, 0.15) is 11.6 Å². The van der Waals surface area contributed by atoms with Gasteiger partial charge in [0.05, 0.1) is 6.54 Å². The minimum absolute atomic E-state index is 0.0575. The molecule has 0 saturated carbocycles. The van der Waals surface area contributed by atoms with Crippen LogP contribution in [0, 0.1) is 6.92 Å². The first-order chi connectivity index (χ1) is 8.58. The van der Waals surface area contributed by atoms with Crippen molar-refractivity contribution in [3.63, 3.8) is 0 Å². The van der Waals surface area contributed by atoms with Crippen molar-refractivity contribution in [1.29, 1.82) is 0 Å². The second-order valence-corrected chi connectivity index (χ2v) is 4.86. The van der Waals surface area contributed by atoms with Crippen LogP contribution in [0.3, 0.4) is 0 Å². The Kier molecular flexibility index (Phi) is 3.79. The van der Waals surface area contributed by atoms with Gasteiger partial charge in [-0.2, -0.15) is 0 Å². The van der Waals surface area contributed by atoms with Crippen molar-refractivity contribution < 1.29 is 4.79 Å². The van der Waals surface area contributed by atoms with Crippen molar-refractivity contribution in [2.24, 2.45) is 0 Å². The topological polar surface area (TPSA) is 58.1 Å². The van der Waals surface area contributed by atoms with Crippen LogP contribution in [0.1, 0.15) is 31.8 Å². The van der Waals surface area contributed by atoms with Gasteiger partial charge >= 0.3 is 0 Å². The van der Waals surface area contributed by atoms with Crippen LogP contribution in [-0.2, 0) is 11.2 Å². The molecule has 2 heterocycles. The van der Waals surface area contributed by atoms with Gasteiger partial charge in [-0.1, -0.05) is 13.3 Å². The number of rotatable bonds is 3. The van der Waals surface area contributed by atoms with Crippen LogP contribution >= 0.6 is 0 Å². The lowest BCUT2D eigenvalue weighted by molar-refractivity contribution is -0.121. The molecular weight excluding hydrogens is 228 g/mol. The fourth-order valence-corrected chi connectivity index (χ4v) is 2.27. The van der Waals surface area contributed by atoms with E-state index in [9.17, 15) is 4.79 Å². The average Bonchev–Trinajstić information content (AvgIpc) is 2.27. The molecule has 1 N–H and O–H groups in total. The molecule has 5 heteroatoms. The Morgan fingerprint density at radius 2 is 2.28 bits per heavy atom. The molecule has 0 aromatic carbocycles. The first-order valence-electron chi connectivity index (χ1n) is 6.47. The lowest BCUT2D eigenvalue weighted by Crippen LogP contribution is -2.53. The summed E-state index contributed by atoms with van der Waals surface area (Å²) in [6.07, 6.45) is 2.01. The highest BCUT2D eigenvalue weighted by atomic mass is 16.2. The SMILES string of the molecule is CCCc1cc(N2CC(=O)N[C@@H](C)C2)nc(C)n1. The smallest absolute Gasteiger partial charge is 0.239 e. The summed E-state index contributed by atoms with van der Waals surface area (Å²) in [7, 11) is 0. The number of nitrogens with zero attached hydrogens (tertiary/aromatic N) is 3. The zero-order valence-corrected chi connectivity index (χ0v) is 11.2. The summed E-state index contributed by atoms with van der Waals surface area (Å²) in [6, 6.07) is 2.16. The average molecular weight is 248 g/mol. The van der Waals surface area contributed by atoms with Crippen LogP contribution in [-0.4, -0.2) is 35.0 Å². The van der Waals surface area contributed by atoms with Gasteiger partial charge in [0.25, 0.3) is 0 Å². The molecule has 2 rings (SSSR count). The van der Waals surface area contributed by atoms with Crippen molar-refractivity contribution in [2.45, 2.75) is 39.7 Å². The maximum atomic E-state index is 11.6. The van der Waals surface area contributed by atoms with Gasteiger partial charge in [-0.3, -0.25) is 4.79 Å². The number of hydrogen-bond donors (Lipinski definition) is 1. The van der Waals surface area contributed by atoms with Crippen LogP contribution in [0.5, 0.6) is 0 Å². The number of carbonyl (C=O) groups is 1. The van der Waals surface area contributed by atoms with Crippen molar-refractivity contribution in [3.05, 3.63) is 17.6 Å². The normalized spacial score (nSPS) is 19.8. The zero-order chi connectivity index (χ0) is 13.1. The summed E-state index contributed by atoms with van der Waals surface area (Å²) in [6.45, 7) is 7.22. The highest BCUT2D eigenvalue weighted by molar-refractivity contribution is 5.82. The summed E-state index contributed by atoms with van der Waals surface area (Å²) in [5, 5.41) is 2.91. The van der Waals surface area contributed by atoms with Crippen LogP contribution in [0.4, 0.5) is 5.82 Å². The maximum Gasteiger partial charge on any atom is 0.239 e. The molecule has 1 amide bonds. The van der Waals surface area contributed by atoms with E-state index in [-0.39, 0.29) is 11.9 Å². The second kappa shape index (κ2) is 5.33. The van der Waals surface area contributed by atoms with E-state index >= 15 is 0 Å². The number of aromatic nitrogens is 2. The number of piperazine rings is 1. The van der Waals surface area contributed by atoms with Crippen molar-refractivity contribution in [2.75, 3.05) is 18.0 Å². The monoisotopic (exact) mass is 248 g/mol. The van der Waals surface area contributed by atoms with Gasteiger partial charge < -0.3 is 10.2 Å². The Bertz CT molecular complexity index is 447. The fourth-order valence-electron chi connectivity index (χ4n) is 2.27. The Hall–Kier alpha value is -1.65. The molecule has 1 fully saturated rings. The molecule has 1 aromatic rings. The third-order valence-electron chi connectivity index (χ3n) is 2.94. The van der Waals surface area contributed by atoms with E-state index in [4.69, 9.17) is 0 Å². The summed E-state index contributed by atoms with van der Waals surface area (Å²) in [4.78, 5) is 22.4. The Labute approximate surface area is 108 Å². The number of nitrogens with one attached hydrogen (secondary N) is 1. The molecule has 0 spiro atoms. The molecule has 18 heavy (non-hydrogen) atoms. The number of anilines is 1. The van der Waals surface area contributed by atoms with Crippen molar-refractivity contribution in [3.8, 4) is 0 Å². The molecule has 1 atom stereocenters. The van der Waals surface area contributed by atoms with E-state index in [1.807, 2.05) is 24.8 Å². The zero-order valence-electron chi connectivity index (χ0n) is 11.2. The molecule has 0 unspecified atom stereocenters. The van der Waals surface area contributed by atoms with Gasteiger partial charge in [-0.25, -0.2) is 9.97 Å². The van der Waals surface area contributed by atoms with Crippen LogP contribution < -0.4 is 10.2 Å².